The summed E-state index contributed by atoms with van der Waals surface area (Å²) in [5, 5.41) is -13.5. The maximum atomic E-state index is 14.3. The van der Waals surface area contributed by atoms with Gasteiger partial charge in [0.1, 0.15) is 5.75 Å². The number of hydrogen-bond acceptors (Lipinski definition) is 5. The normalized spacial score (nSPS) is 20.1. The van der Waals surface area contributed by atoms with Gasteiger partial charge in [-0.2, -0.15) is 43.2 Å². The Morgan fingerprint density at radius 2 is 1.23 bits per heavy atom. The molecule has 2 saturated carbocycles. The molecular formula is C21H26F6O6S2. The van der Waals surface area contributed by atoms with Crippen molar-refractivity contribution in [3.8, 4) is 5.75 Å². The highest BCUT2D eigenvalue weighted by atomic mass is 32.2. The van der Waals surface area contributed by atoms with Crippen LogP contribution in [0.4, 0.5) is 26.3 Å². The lowest BCUT2D eigenvalue weighted by molar-refractivity contribution is -0.247. The molecule has 2 aliphatic carbocycles. The second-order valence-electron chi connectivity index (χ2n) is 9.09. The van der Waals surface area contributed by atoms with Crippen LogP contribution in [0, 0.1) is 0 Å². The molecule has 0 radical (unpaired) electrons. The minimum Gasteiger partial charge on any atom is -0.378 e. The lowest BCUT2D eigenvalue weighted by atomic mass is 9.79. The van der Waals surface area contributed by atoms with E-state index in [1.54, 1.807) is 6.07 Å². The van der Waals surface area contributed by atoms with Crippen molar-refractivity contribution in [2.45, 2.75) is 92.5 Å². The number of halogens is 6. The Labute approximate surface area is 199 Å². The number of alkyl halides is 6. The SMILES string of the molecule is O=S(=O)(O)C(F)(F)C(F)(F)C(F)(F)S(=O)(=O)Oc1ccc(C2CCCCC2)cc1C1CCCCC1. The fourth-order valence-electron chi connectivity index (χ4n) is 4.72. The molecule has 0 aromatic heterocycles. The molecule has 2 aliphatic rings. The van der Waals surface area contributed by atoms with E-state index in [0.29, 0.717) is 12.8 Å². The fraction of sp³-hybridized carbons (Fsp3) is 0.714. The molecule has 0 atom stereocenters. The summed E-state index contributed by atoms with van der Waals surface area (Å²) < 4.78 is 142. The zero-order valence-electron chi connectivity index (χ0n) is 18.5. The minimum atomic E-state index is -7.10. The molecule has 14 heteroatoms. The highest BCUT2D eigenvalue weighted by Crippen LogP contribution is 2.51. The number of benzene rings is 1. The van der Waals surface area contributed by atoms with Gasteiger partial charge in [0.05, 0.1) is 0 Å². The highest BCUT2D eigenvalue weighted by Gasteiger charge is 2.83. The highest BCUT2D eigenvalue weighted by molar-refractivity contribution is 7.88. The van der Waals surface area contributed by atoms with Crippen LogP contribution in [0.2, 0.25) is 0 Å². The Bertz CT molecular complexity index is 1120. The summed E-state index contributed by atoms with van der Waals surface area (Å²) in [5.74, 6) is -7.94. The zero-order chi connectivity index (χ0) is 26.3. The van der Waals surface area contributed by atoms with Gasteiger partial charge in [-0.25, -0.2) is 0 Å². The van der Waals surface area contributed by atoms with Crippen molar-refractivity contribution in [2.75, 3.05) is 0 Å². The quantitative estimate of drug-likeness (QED) is 0.234. The van der Waals surface area contributed by atoms with Crippen LogP contribution in [-0.4, -0.2) is 37.8 Å². The first-order valence-electron chi connectivity index (χ1n) is 11.2. The van der Waals surface area contributed by atoms with Crippen LogP contribution in [0.15, 0.2) is 18.2 Å². The maximum absolute atomic E-state index is 14.3. The van der Waals surface area contributed by atoms with Gasteiger partial charge in [-0.3, -0.25) is 4.55 Å². The van der Waals surface area contributed by atoms with Gasteiger partial charge in [-0.15, -0.1) is 0 Å². The average molecular weight is 553 g/mol. The molecule has 0 aliphatic heterocycles. The fourth-order valence-corrected chi connectivity index (χ4v) is 6.18. The molecule has 0 spiro atoms. The summed E-state index contributed by atoms with van der Waals surface area (Å²) in [6, 6.07) is 4.07. The summed E-state index contributed by atoms with van der Waals surface area (Å²) in [6.45, 7) is 0. The average Bonchev–Trinajstić information content (AvgIpc) is 2.79. The van der Waals surface area contributed by atoms with E-state index >= 15 is 0 Å². The summed E-state index contributed by atoms with van der Waals surface area (Å²) in [7, 11) is -14.0. The van der Waals surface area contributed by atoms with Crippen LogP contribution in [0.25, 0.3) is 0 Å². The summed E-state index contributed by atoms with van der Waals surface area (Å²) in [4.78, 5) is 0. The van der Waals surface area contributed by atoms with E-state index in [-0.39, 0.29) is 17.4 Å². The van der Waals surface area contributed by atoms with Crippen molar-refractivity contribution < 1.29 is 51.9 Å². The molecule has 0 amide bonds. The monoisotopic (exact) mass is 552 g/mol. The molecule has 2 fully saturated rings. The first kappa shape index (κ1) is 28.0. The van der Waals surface area contributed by atoms with E-state index < -0.39 is 42.4 Å². The van der Waals surface area contributed by atoms with Crippen molar-refractivity contribution in [3.05, 3.63) is 29.3 Å². The van der Waals surface area contributed by atoms with Gasteiger partial charge < -0.3 is 4.18 Å². The van der Waals surface area contributed by atoms with Crippen molar-refractivity contribution in [2.24, 2.45) is 0 Å². The molecule has 1 aromatic carbocycles. The van der Waals surface area contributed by atoms with Gasteiger partial charge in [0.15, 0.2) is 0 Å². The Morgan fingerprint density at radius 3 is 1.71 bits per heavy atom. The molecule has 0 unspecified atom stereocenters. The van der Waals surface area contributed by atoms with Crippen LogP contribution in [0.1, 0.15) is 87.2 Å². The van der Waals surface area contributed by atoms with Crippen LogP contribution in [-0.2, 0) is 20.2 Å². The van der Waals surface area contributed by atoms with Crippen molar-refractivity contribution >= 4 is 20.2 Å². The summed E-state index contributed by atoms with van der Waals surface area (Å²) >= 11 is 0. The summed E-state index contributed by atoms with van der Waals surface area (Å²) in [5.41, 5.74) is 1.00. The van der Waals surface area contributed by atoms with Gasteiger partial charge in [-0.1, -0.05) is 50.7 Å². The van der Waals surface area contributed by atoms with Gasteiger partial charge >= 0.3 is 36.7 Å². The molecule has 1 aromatic rings. The third kappa shape index (κ3) is 5.15. The van der Waals surface area contributed by atoms with Gasteiger partial charge in [-0.05, 0) is 54.7 Å². The first-order valence-corrected chi connectivity index (χ1v) is 14.1. The molecular weight excluding hydrogens is 526 g/mol. The standard InChI is InChI=1S/C21H26F6O6S2/c22-19(23,20(24,25)34(28,29)30)21(26,27)35(31,32)33-18-12-11-16(14-7-3-1-4-8-14)13-17(18)15-9-5-2-6-10-15/h11-15H,1-10H2,(H,28,29,30). The maximum Gasteiger partial charge on any atom is 0.450 e. The van der Waals surface area contributed by atoms with E-state index in [2.05, 4.69) is 4.18 Å². The number of rotatable bonds is 8. The Morgan fingerprint density at radius 1 is 0.743 bits per heavy atom. The van der Waals surface area contributed by atoms with Gasteiger partial charge in [0, 0.05) is 0 Å². The minimum absolute atomic E-state index is 0.135. The van der Waals surface area contributed by atoms with Crippen LogP contribution in [0.5, 0.6) is 5.75 Å². The van der Waals surface area contributed by atoms with Crippen molar-refractivity contribution in [1.29, 1.82) is 0 Å². The first-order chi connectivity index (χ1) is 16.0. The molecule has 1 N–H and O–H groups in total. The van der Waals surface area contributed by atoms with Crippen LogP contribution >= 0.6 is 0 Å². The van der Waals surface area contributed by atoms with Gasteiger partial charge in [0.25, 0.3) is 0 Å². The van der Waals surface area contributed by atoms with Gasteiger partial charge in [0.2, 0.25) is 0 Å². The Kier molecular flexibility index (Phi) is 7.79. The molecule has 0 bridgehead atoms. The summed E-state index contributed by atoms with van der Waals surface area (Å²) in [6.07, 6.45) is 8.22. The zero-order valence-corrected chi connectivity index (χ0v) is 20.2. The molecule has 0 saturated heterocycles. The van der Waals surface area contributed by atoms with Crippen LogP contribution in [0.3, 0.4) is 0 Å². The molecule has 0 heterocycles. The topological polar surface area (TPSA) is 97.7 Å². The van der Waals surface area contributed by atoms with E-state index in [9.17, 15) is 43.2 Å². The van der Waals surface area contributed by atoms with Crippen molar-refractivity contribution in [3.63, 3.8) is 0 Å². The third-order valence-corrected chi connectivity index (χ3v) is 8.91. The molecule has 6 nitrogen and oxygen atoms in total. The van der Waals surface area contributed by atoms with E-state index in [1.807, 2.05) is 0 Å². The van der Waals surface area contributed by atoms with E-state index in [1.165, 1.54) is 6.07 Å². The van der Waals surface area contributed by atoms with E-state index in [0.717, 1.165) is 63.0 Å². The predicted molar refractivity (Wildman–Crippen MR) is 114 cm³/mol. The molecule has 3 rings (SSSR count). The Balaban J connectivity index is 2.02. The largest absolute Gasteiger partial charge is 0.450 e. The smallest absolute Gasteiger partial charge is 0.378 e. The predicted octanol–water partition coefficient (Wildman–Crippen LogP) is 6.20. The lowest BCUT2D eigenvalue weighted by Crippen LogP contribution is -2.61. The number of hydrogen-bond donors (Lipinski definition) is 1. The van der Waals surface area contributed by atoms with Crippen molar-refractivity contribution in [1.82, 2.24) is 0 Å². The molecule has 35 heavy (non-hydrogen) atoms. The van der Waals surface area contributed by atoms with E-state index in [4.69, 9.17) is 4.55 Å². The second-order valence-corrected chi connectivity index (χ2v) is 12.1. The third-order valence-electron chi connectivity index (χ3n) is 6.72. The molecule has 200 valence electrons. The second kappa shape index (κ2) is 9.73. The lowest BCUT2D eigenvalue weighted by Gasteiger charge is -2.31. The Hall–Kier alpha value is -1.54. The van der Waals surface area contributed by atoms with Crippen LogP contribution < -0.4 is 4.18 Å².